The van der Waals surface area contributed by atoms with Gasteiger partial charge in [-0.3, -0.25) is 14.2 Å². The lowest BCUT2D eigenvalue weighted by atomic mass is 10.0. The Morgan fingerprint density at radius 3 is 1.20 bits per heavy atom. The van der Waals surface area contributed by atoms with Gasteiger partial charge >= 0.3 is 5.97 Å². The van der Waals surface area contributed by atoms with Gasteiger partial charge in [-0.1, -0.05) is 324 Å². The molecule has 0 aliphatic carbocycles. The summed E-state index contributed by atoms with van der Waals surface area (Å²) in [5.74, 6) is -0.586. The summed E-state index contributed by atoms with van der Waals surface area (Å²) >= 11 is 0. The van der Waals surface area contributed by atoms with Crippen LogP contribution in [0, 0.1) is 0 Å². The maximum Gasteiger partial charge on any atom is 0.306 e. The van der Waals surface area contributed by atoms with Crippen molar-refractivity contribution in [3.63, 3.8) is 0 Å². The second-order valence-corrected chi connectivity index (χ2v) is 25.5. The topological polar surface area (TPSA) is 114 Å². The number of allylic oxidation sites excluding steroid dienone is 13. The van der Waals surface area contributed by atoms with Crippen molar-refractivity contribution in [1.29, 1.82) is 0 Å². The Hall–Kier alpha value is -2.81. The molecule has 3 atom stereocenters. The van der Waals surface area contributed by atoms with Crippen LogP contribution >= 0.6 is 7.82 Å². The van der Waals surface area contributed by atoms with Crippen molar-refractivity contribution in [2.75, 3.05) is 40.9 Å². The van der Waals surface area contributed by atoms with Crippen molar-refractivity contribution in [1.82, 2.24) is 5.32 Å². The van der Waals surface area contributed by atoms with E-state index in [0.29, 0.717) is 23.9 Å². The highest BCUT2D eigenvalue weighted by Gasteiger charge is 2.27. The normalized spacial score (nSPS) is 14.1. The molecule has 0 aliphatic rings. The summed E-state index contributed by atoms with van der Waals surface area (Å²) in [5, 5.41) is 3.02. The third-order valence-electron chi connectivity index (χ3n) is 15.0. The van der Waals surface area contributed by atoms with Gasteiger partial charge in [0.1, 0.15) is 19.3 Å². The first-order chi connectivity index (χ1) is 39.4. The van der Waals surface area contributed by atoms with E-state index in [0.717, 1.165) is 64.2 Å². The fourth-order valence-electron chi connectivity index (χ4n) is 9.79. The number of hydrogen-bond acceptors (Lipinski definition) is 7. The van der Waals surface area contributed by atoms with Gasteiger partial charge in [-0.25, -0.2) is 0 Å². The number of unbranched alkanes of at least 4 members (excludes halogenated alkanes) is 38. The monoisotopic (exact) mass is 1150 g/mol. The highest BCUT2D eigenvalue weighted by molar-refractivity contribution is 7.45. The number of likely N-dealkylation sites (N-methyl/N-ethyl adjacent to an activating group) is 1. The van der Waals surface area contributed by atoms with Crippen LogP contribution in [-0.2, 0) is 27.9 Å². The maximum absolute atomic E-state index is 13.6. The maximum atomic E-state index is 13.6. The number of nitrogens with one attached hydrogen (secondary N) is 1. The van der Waals surface area contributed by atoms with Crippen molar-refractivity contribution in [3.05, 3.63) is 85.1 Å². The molecular formula is C71H129N2O7P. The molecule has 0 aromatic rings. The van der Waals surface area contributed by atoms with E-state index in [1.54, 1.807) is 0 Å². The molecule has 0 spiro atoms. The molecule has 470 valence electrons. The van der Waals surface area contributed by atoms with Crippen molar-refractivity contribution in [2.45, 2.75) is 315 Å². The summed E-state index contributed by atoms with van der Waals surface area (Å²) in [6, 6.07) is -0.909. The number of amides is 1. The highest BCUT2D eigenvalue weighted by Crippen LogP contribution is 2.38. The number of phosphoric acid groups is 1. The van der Waals surface area contributed by atoms with Crippen LogP contribution in [0.5, 0.6) is 0 Å². The minimum atomic E-state index is -4.71. The molecule has 10 heteroatoms. The Balaban J connectivity index is 5.04. The Kier molecular flexibility index (Phi) is 58.2. The third kappa shape index (κ3) is 61.6. The van der Waals surface area contributed by atoms with Crippen LogP contribution in [0.15, 0.2) is 85.1 Å². The Morgan fingerprint density at radius 1 is 0.444 bits per heavy atom. The first kappa shape index (κ1) is 78.2. The van der Waals surface area contributed by atoms with Gasteiger partial charge in [0.25, 0.3) is 7.82 Å². The lowest BCUT2D eigenvalue weighted by Gasteiger charge is -2.30. The van der Waals surface area contributed by atoms with Crippen molar-refractivity contribution >= 4 is 19.7 Å². The Morgan fingerprint density at radius 2 is 0.790 bits per heavy atom. The summed E-state index contributed by atoms with van der Waals surface area (Å²) in [5.41, 5.74) is 0. The summed E-state index contributed by atoms with van der Waals surface area (Å²) in [6.07, 6.45) is 80.1. The molecule has 9 nitrogen and oxygen atoms in total. The van der Waals surface area contributed by atoms with Crippen molar-refractivity contribution < 1.29 is 37.3 Å². The molecule has 0 fully saturated rings. The Bertz CT molecular complexity index is 1660. The van der Waals surface area contributed by atoms with Gasteiger partial charge in [0.2, 0.25) is 5.91 Å². The molecular weight excluding hydrogens is 1020 g/mol. The van der Waals surface area contributed by atoms with Crippen molar-refractivity contribution in [2.24, 2.45) is 0 Å². The number of esters is 1. The third-order valence-corrected chi connectivity index (χ3v) is 16.0. The molecule has 3 unspecified atom stereocenters. The number of phosphoric ester groups is 1. The molecule has 0 saturated carbocycles. The number of quaternary nitrogens is 1. The predicted molar refractivity (Wildman–Crippen MR) is 348 cm³/mol. The van der Waals surface area contributed by atoms with Crippen LogP contribution in [0.2, 0.25) is 0 Å². The highest BCUT2D eigenvalue weighted by atomic mass is 31.2. The summed E-state index contributed by atoms with van der Waals surface area (Å²) < 4.78 is 30.3. The van der Waals surface area contributed by atoms with Gasteiger partial charge in [-0.05, 0) is 51.0 Å². The number of hydrogen-bond donors (Lipinski definition) is 1. The van der Waals surface area contributed by atoms with E-state index in [2.05, 4.69) is 38.2 Å². The molecule has 0 aromatic heterocycles. The first-order valence-electron chi connectivity index (χ1n) is 34.0. The van der Waals surface area contributed by atoms with E-state index in [1.165, 1.54) is 199 Å². The fourth-order valence-corrected chi connectivity index (χ4v) is 10.5. The van der Waals surface area contributed by atoms with Crippen molar-refractivity contribution in [3.8, 4) is 0 Å². The molecule has 0 heterocycles. The van der Waals surface area contributed by atoms with Crippen LogP contribution in [0.3, 0.4) is 0 Å². The predicted octanol–water partition coefficient (Wildman–Crippen LogP) is 20.7. The zero-order valence-corrected chi connectivity index (χ0v) is 54.6. The van der Waals surface area contributed by atoms with Gasteiger partial charge in [-0.2, -0.15) is 0 Å². The van der Waals surface area contributed by atoms with Crippen LogP contribution in [0.1, 0.15) is 303 Å². The van der Waals surface area contributed by atoms with Gasteiger partial charge in [0, 0.05) is 12.8 Å². The lowest BCUT2D eigenvalue weighted by molar-refractivity contribution is -0.870. The summed E-state index contributed by atoms with van der Waals surface area (Å²) in [7, 11) is 1.16. The second kappa shape index (κ2) is 60.3. The van der Waals surface area contributed by atoms with Crippen LogP contribution < -0.4 is 10.2 Å². The molecule has 0 aliphatic heterocycles. The molecule has 81 heavy (non-hydrogen) atoms. The molecule has 1 N–H and O–H groups in total. The standard InChI is InChI=1S/C71H129N2O7P/c1-7-10-13-16-19-22-25-27-29-31-32-33-34-35-36-37-38-39-40-42-43-45-48-51-54-57-60-63-70(74)72-68(67-79-81(76,77)78-66-65-73(4,5)6)69(62-59-56-53-50-47-24-21-18-15-12-9-3)80-71(75)64-61-58-55-52-49-46-44-41-30-28-26-23-20-17-14-11-8-2/h11,14,17,20,23,26,28,30,41,44,46,49,59,62,68-69H,7-10,12-13,15-16,18-19,21-22,24-25,27,29,31-40,42-43,45,47-48,50-58,60-61,63-67H2,1-6H3,(H-,72,74,76,77)/b14-11-,20-17+,26-23+,30-28-,44-41+,49-46+,62-59-. The van der Waals surface area contributed by atoms with Crippen LogP contribution in [0.4, 0.5) is 0 Å². The first-order valence-corrected chi connectivity index (χ1v) is 35.4. The van der Waals surface area contributed by atoms with E-state index in [9.17, 15) is 19.0 Å². The van der Waals surface area contributed by atoms with E-state index in [4.69, 9.17) is 13.8 Å². The number of ether oxygens (including phenoxy) is 1. The van der Waals surface area contributed by atoms with Gasteiger partial charge < -0.3 is 28.5 Å². The SMILES string of the molecule is CC\C=C/C=C/C=C/C=C\C=C\C=C\CCCCCC(=O)OC(/C=C\CCCCCCCCCCC)C(COP(=O)([O-])OCC[N+](C)(C)C)NC(=O)CCCCCCCCCCCCCCCCCCCCCCCCCCCCC. The zero-order valence-electron chi connectivity index (χ0n) is 53.7. The summed E-state index contributed by atoms with van der Waals surface area (Å²) in [6.45, 7) is 6.69. The summed E-state index contributed by atoms with van der Waals surface area (Å²) in [4.78, 5) is 40.0. The van der Waals surface area contributed by atoms with E-state index in [1.807, 2.05) is 94.1 Å². The molecule has 0 saturated heterocycles. The average molecular weight is 1150 g/mol. The fraction of sp³-hybridized carbons (Fsp3) is 0.775. The quantitative estimate of drug-likeness (QED) is 0.0161. The van der Waals surface area contributed by atoms with Gasteiger partial charge in [-0.15, -0.1) is 0 Å². The van der Waals surface area contributed by atoms with E-state index >= 15 is 0 Å². The number of rotatable bonds is 61. The molecule has 0 rings (SSSR count). The van der Waals surface area contributed by atoms with Gasteiger partial charge in [0.05, 0.1) is 33.8 Å². The van der Waals surface area contributed by atoms with Crippen LogP contribution in [0.25, 0.3) is 0 Å². The van der Waals surface area contributed by atoms with E-state index < -0.39 is 26.6 Å². The van der Waals surface area contributed by atoms with Crippen LogP contribution in [-0.4, -0.2) is 69.4 Å². The smallest absolute Gasteiger partial charge is 0.306 e. The lowest BCUT2D eigenvalue weighted by Crippen LogP contribution is -2.47. The average Bonchev–Trinajstić information content (AvgIpc) is 3.43. The molecule has 1 amide bonds. The Labute approximate surface area is 501 Å². The molecule has 0 bridgehead atoms. The minimum Gasteiger partial charge on any atom is -0.756 e. The zero-order chi connectivity index (χ0) is 59.3. The molecule has 0 radical (unpaired) electrons. The number of carbonyl (C=O) groups is 2. The number of carbonyl (C=O) groups excluding carboxylic acids is 2. The van der Waals surface area contributed by atoms with E-state index in [-0.39, 0.29) is 24.9 Å². The van der Waals surface area contributed by atoms with Gasteiger partial charge in [0.15, 0.2) is 0 Å². The number of nitrogens with zero attached hydrogens (tertiary/aromatic N) is 1. The largest absolute Gasteiger partial charge is 0.756 e. The second-order valence-electron chi connectivity index (χ2n) is 24.1. The minimum absolute atomic E-state index is 0.0321. The molecule has 0 aromatic carbocycles.